The van der Waals surface area contributed by atoms with Crippen molar-refractivity contribution in [3.05, 3.63) is 92.1 Å². The van der Waals surface area contributed by atoms with Crippen molar-refractivity contribution in [1.29, 1.82) is 0 Å². The molecule has 160 valence electrons. The topological polar surface area (TPSA) is 120 Å². The predicted molar refractivity (Wildman–Crippen MR) is 108 cm³/mol. The van der Waals surface area contributed by atoms with Gasteiger partial charge < -0.3 is 0 Å². The zero-order chi connectivity index (χ0) is 22.4. The molecule has 0 bridgehead atoms. The average Bonchev–Trinajstić information content (AvgIpc) is 2.73. The number of benzene rings is 2. The third kappa shape index (κ3) is 5.92. The van der Waals surface area contributed by atoms with Crippen molar-refractivity contribution in [1.82, 2.24) is 20.6 Å². The minimum Gasteiger partial charge on any atom is -0.271 e. The van der Waals surface area contributed by atoms with Crippen LogP contribution in [0.4, 0.5) is 13.2 Å². The van der Waals surface area contributed by atoms with Crippen LogP contribution in [-0.2, 0) is 11.0 Å². The van der Waals surface area contributed by atoms with Crippen molar-refractivity contribution >= 4 is 23.9 Å². The first kappa shape index (κ1) is 22.0. The molecular weight excluding hydrogens is 435 g/mol. The van der Waals surface area contributed by atoms with E-state index in [0.717, 1.165) is 30.1 Å². The molecule has 0 aliphatic carbocycles. The summed E-state index contributed by atoms with van der Waals surface area (Å²) in [5.74, 6) is -0.646. The molecular formula is C19H14F3N5O3S. The molecule has 1 heterocycles. The molecule has 0 saturated carbocycles. The highest BCUT2D eigenvalue weighted by molar-refractivity contribution is 8.00. The average molecular weight is 449 g/mol. The molecule has 1 amide bonds. The van der Waals surface area contributed by atoms with Crippen molar-refractivity contribution in [2.75, 3.05) is 0 Å². The van der Waals surface area contributed by atoms with Gasteiger partial charge in [0.1, 0.15) is 5.25 Å². The number of halogens is 3. The largest absolute Gasteiger partial charge is 0.416 e. The normalized spacial score (nSPS) is 12.6. The Labute approximate surface area is 176 Å². The van der Waals surface area contributed by atoms with Crippen molar-refractivity contribution in [2.45, 2.75) is 16.5 Å². The molecule has 3 aromatic rings. The standard InChI is InChI=1S/C19H14F3N5O3S/c20-19(21,22)13-8-4-5-11(9-13)10-23-25-15(28)14(12-6-2-1-3-7-12)31-17-16(29)24-18(30)27-26-17/h1-10,14H,(H,25,28)(H2,24,27,29,30)/b23-10-. The summed E-state index contributed by atoms with van der Waals surface area (Å²) in [7, 11) is 0. The monoisotopic (exact) mass is 449 g/mol. The molecule has 0 aliphatic rings. The maximum atomic E-state index is 12.8. The Bertz CT molecular complexity index is 1210. The molecule has 8 nitrogen and oxygen atoms in total. The van der Waals surface area contributed by atoms with Gasteiger partial charge in [0, 0.05) is 0 Å². The highest BCUT2D eigenvalue weighted by atomic mass is 32.2. The molecule has 0 spiro atoms. The van der Waals surface area contributed by atoms with Crippen LogP contribution in [-0.4, -0.2) is 27.3 Å². The minimum absolute atomic E-state index is 0.137. The van der Waals surface area contributed by atoms with Crippen LogP contribution in [0.15, 0.2) is 74.3 Å². The molecule has 12 heteroatoms. The van der Waals surface area contributed by atoms with Gasteiger partial charge in [-0.25, -0.2) is 15.3 Å². The van der Waals surface area contributed by atoms with E-state index in [-0.39, 0.29) is 10.6 Å². The second-order valence-corrected chi connectivity index (χ2v) is 7.17. The van der Waals surface area contributed by atoms with Crippen LogP contribution < -0.4 is 16.7 Å². The molecule has 2 aromatic carbocycles. The van der Waals surface area contributed by atoms with Crippen molar-refractivity contribution in [3.63, 3.8) is 0 Å². The van der Waals surface area contributed by atoms with Gasteiger partial charge in [-0.3, -0.25) is 14.6 Å². The first-order valence-corrected chi connectivity index (χ1v) is 9.53. The van der Waals surface area contributed by atoms with Crippen molar-refractivity contribution in [2.24, 2.45) is 5.10 Å². The summed E-state index contributed by atoms with van der Waals surface area (Å²) in [6.45, 7) is 0. The first-order valence-electron chi connectivity index (χ1n) is 8.65. The number of hydrazone groups is 1. The molecule has 3 N–H and O–H groups in total. The number of amides is 1. The van der Waals surface area contributed by atoms with Crippen molar-refractivity contribution in [3.8, 4) is 0 Å². The number of carbonyl (C=O) groups is 1. The fourth-order valence-corrected chi connectivity index (χ4v) is 3.39. The smallest absolute Gasteiger partial charge is 0.271 e. The second kappa shape index (κ2) is 9.43. The summed E-state index contributed by atoms with van der Waals surface area (Å²) in [6.07, 6.45) is -3.43. The number of alkyl halides is 3. The van der Waals surface area contributed by atoms with Crippen LogP contribution in [0.5, 0.6) is 0 Å². The predicted octanol–water partition coefficient (Wildman–Crippen LogP) is 2.46. The van der Waals surface area contributed by atoms with Gasteiger partial charge in [-0.15, -0.1) is 0 Å². The molecule has 1 unspecified atom stereocenters. The number of aromatic amines is 2. The van der Waals surface area contributed by atoms with Gasteiger partial charge in [0.2, 0.25) is 0 Å². The minimum atomic E-state index is -4.50. The second-order valence-electron chi connectivity index (χ2n) is 6.08. The zero-order valence-electron chi connectivity index (χ0n) is 15.5. The number of carbonyl (C=O) groups excluding carboxylic acids is 1. The van der Waals surface area contributed by atoms with Gasteiger partial charge >= 0.3 is 11.9 Å². The summed E-state index contributed by atoms with van der Waals surface area (Å²) in [5.41, 5.74) is 0.509. The van der Waals surface area contributed by atoms with E-state index in [1.54, 1.807) is 30.3 Å². The number of hydrogen-bond acceptors (Lipinski definition) is 6. The number of nitrogens with one attached hydrogen (secondary N) is 3. The summed E-state index contributed by atoms with van der Waals surface area (Å²) < 4.78 is 38.4. The van der Waals surface area contributed by atoms with E-state index in [4.69, 9.17) is 0 Å². The van der Waals surface area contributed by atoms with Crippen LogP contribution in [0, 0.1) is 0 Å². The van der Waals surface area contributed by atoms with E-state index in [2.05, 4.69) is 20.7 Å². The highest BCUT2D eigenvalue weighted by Crippen LogP contribution is 2.32. The number of thioether (sulfide) groups is 1. The maximum Gasteiger partial charge on any atom is 0.416 e. The Morgan fingerprint density at radius 3 is 2.55 bits per heavy atom. The molecule has 3 rings (SSSR count). The molecule has 31 heavy (non-hydrogen) atoms. The molecule has 0 aliphatic heterocycles. The van der Waals surface area contributed by atoms with E-state index in [0.29, 0.717) is 5.56 Å². The molecule has 0 radical (unpaired) electrons. The number of H-pyrrole nitrogens is 2. The number of aromatic nitrogens is 3. The van der Waals surface area contributed by atoms with Gasteiger partial charge in [0.15, 0.2) is 5.03 Å². The number of hydrogen-bond donors (Lipinski definition) is 3. The number of rotatable bonds is 6. The molecule has 1 aromatic heterocycles. The lowest BCUT2D eigenvalue weighted by Gasteiger charge is -2.14. The lowest BCUT2D eigenvalue weighted by Crippen LogP contribution is -2.28. The van der Waals surface area contributed by atoms with Gasteiger partial charge in [-0.1, -0.05) is 54.2 Å². The van der Waals surface area contributed by atoms with E-state index in [1.807, 2.05) is 4.98 Å². The molecule has 0 saturated heterocycles. The zero-order valence-corrected chi connectivity index (χ0v) is 16.3. The Kier molecular flexibility index (Phi) is 6.70. The van der Waals surface area contributed by atoms with Crippen LogP contribution >= 0.6 is 11.8 Å². The molecule has 1 atom stereocenters. The summed E-state index contributed by atoms with van der Waals surface area (Å²) in [5, 5.41) is 8.33. The highest BCUT2D eigenvalue weighted by Gasteiger charge is 2.30. The fourth-order valence-electron chi connectivity index (χ4n) is 2.45. The Morgan fingerprint density at radius 1 is 1.13 bits per heavy atom. The van der Waals surface area contributed by atoms with Crippen LogP contribution in [0.2, 0.25) is 0 Å². The maximum absolute atomic E-state index is 12.8. The van der Waals surface area contributed by atoms with Crippen molar-refractivity contribution < 1.29 is 18.0 Å². The third-order valence-electron chi connectivity index (χ3n) is 3.85. The Morgan fingerprint density at radius 2 is 1.87 bits per heavy atom. The van der Waals surface area contributed by atoms with E-state index >= 15 is 0 Å². The van der Waals surface area contributed by atoms with Gasteiger partial charge in [0.05, 0.1) is 11.8 Å². The molecule has 0 fully saturated rings. The van der Waals surface area contributed by atoms with Crippen LogP contribution in [0.3, 0.4) is 0 Å². The summed E-state index contributed by atoms with van der Waals surface area (Å²) in [4.78, 5) is 37.8. The summed E-state index contributed by atoms with van der Waals surface area (Å²) in [6, 6.07) is 12.8. The summed E-state index contributed by atoms with van der Waals surface area (Å²) >= 11 is 0.778. The quantitative estimate of drug-likeness (QED) is 0.303. The van der Waals surface area contributed by atoms with E-state index < -0.39 is 34.1 Å². The van der Waals surface area contributed by atoms with Gasteiger partial charge in [0.25, 0.3) is 11.5 Å². The Balaban J connectivity index is 1.80. The first-order chi connectivity index (χ1) is 14.7. The van der Waals surface area contributed by atoms with Crippen LogP contribution in [0.1, 0.15) is 21.9 Å². The van der Waals surface area contributed by atoms with Gasteiger partial charge in [-0.2, -0.15) is 23.4 Å². The fraction of sp³-hybridized carbons (Fsp3) is 0.105. The van der Waals surface area contributed by atoms with E-state index in [1.165, 1.54) is 12.1 Å². The SMILES string of the molecule is O=C(N/N=C\c1cccc(C(F)(F)F)c1)C(Sc1n[nH]c(=O)[nH]c1=O)c1ccccc1. The van der Waals surface area contributed by atoms with E-state index in [9.17, 15) is 27.6 Å². The lowest BCUT2D eigenvalue weighted by atomic mass is 10.1. The third-order valence-corrected chi connectivity index (χ3v) is 5.07. The van der Waals surface area contributed by atoms with Gasteiger partial charge in [-0.05, 0) is 23.3 Å². The Hall–Kier alpha value is -3.67. The number of nitrogens with zero attached hydrogens (tertiary/aromatic N) is 2. The van der Waals surface area contributed by atoms with Crippen LogP contribution in [0.25, 0.3) is 0 Å². The lowest BCUT2D eigenvalue weighted by molar-refractivity contribution is -0.137.